The van der Waals surface area contributed by atoms with E-state index in [1.165, 1.54) is 0 Å². The fraction of sp³-hybridized carbons (Fsp3) is 0.429. The summed E-state index contributed by atoms with van der Waals surface area (Å²) in [7, 11) is 0. The van der Waals surface area contributed by atoms with Gasteiger partial charge in [-0.3, -0.25) is 4.79 Å². The molecule has 0 fully saturated rings. The predicted molar refractivity (Wildman–Crippen MR) is 73.3 cm³/mol. The molecule has 0 spiro atoms. The molecular formula is C14H19N3O2. The largest absolute Gasteiger partial charge is 0.480 e. The summed E-state index contributed by atoms with van der Waals surface area (Å²) in [6.07, 6.45) is 4.73. The minimum absolute atomic E-state index is 0.00984. The van der Waals surface area contributed by atoms with Crippen molar-refractivity contribution in [1.82, 2.24) is 14.7 Å². The van der Waals surface area contributed by atoms with Crippen molar-refractivity contribution >= 4 is 11.6 Å². The number of ether oxygens (including phenoxy) is 1. The Morgan fingerprint density at radius 1 is 1.58 bits per heavy atom. The first kappa shape index (κ1) is 13.4. The van der Waals surface area contributed by atoms with Crippen molar-refractivity contribution in [3.05, 3.63) is 30.2 Å². The molecule has 1 amide bonds. The molecule has 0 aromatic carbocycles. The molecule has 102 valence electrons. The molecule has 1 unspecified atom stereocenters. The zero-order chi connectivity index (χ0) is 13.8. The maximum atomic E-state index is 11.7. The quantitative estimate of drug-likeness (QED) is 0.894. The third kappa shape index (κ3) is 3.24. The third-order valence-corrected chi connectivity index (χ3v) is 2.95. The van der Waals surface area contributed by atoms with Gasteiger partial charge >= 0.3 is 0 Å². The SMILES string of the molecule is CCC(C)NC(=O)COc1cccn2cc(C)nc12. The standard InChI is InChI=1S/C14H19N3O2/c1-4-10(2)15-13(18)9-19-12-6-5-7-17-8-11(3)16-14(12)17/h5-8,10H,4,9H2,1-3H3,(H,15,18). The van der Waals surface area contributed by atoms with E-state index in [4.69, 9.17) is 4.74 Å². The zero-order valence-electron chi connectivity index (χ0n) is 11.5. The monoisotopic (exact) mass is 261 g/mol. The number of aromatic nitrogens is 2. The summed E-state index contributed by atoms with van der Waals surface area (Å²) in [6.45, 7) is 5.93. The van der Waals surface area contributed by atoms with E-state index < -0.39 is 0 Å². The van der Waals surface area contributed by atoms with Crippen LogP contribution < -0.4 is 10.1 Å². The molecule has 2 heterocycles. The molecule has 0 aliphatic heterocycles. The lowest BCUT2D eigenvalue weighted by atomic mass is 10.2. The summed E-state index contributed by atoms with van der Waals surface area (Å²) in [6, 6.07) is 3.86. The number of nitrogens with zero attached hydrogens (tertiary/aromatic N) is 2. The van der Waals surface area contributed by atoms with Crippen molar-refractivity contribution in [3.8, 4) is 5.75 Å². The molecule has 1 atom stereocenters. The van der Waals surface area contributed by atoms with Crippen molar-refractivity contribution in [2.45, 2.75) is 33.2 Å². The van der Waals surface area contributed by atoms with E-state index in [1.807, 2.05) is 49.7 Å². The number of hydrogen-bond acceptors (Lipinski definition) is 3. The highest BCUT2D eigenvalue weighted by molar-refractivity contribution is 5.78. The van der Waals surface area contributed by atoms with Crippen LogP contribution >= 0.6 is 0 Å². The maximum absolute atomic E-state index is 11.7. The molecule has 0 radical (unpaired) electrons. The minimum atomic E-state index is -0.111. The number of carbonyl (C=O) groups excluding carboxylic acids is 1. The summed E-state index contributed by atoms with van der Waals surface area (Å²) < 4.78 is 7.43. The number of amides is 1. The van der Waals surface area contributed by atoms with Gasteiger partial charge in [-0.2, -0.15) is 0 Å². The van der Waals surface area contributed by atoms with E-state index in [-0.39, 0.29) is 18.6 Å². The molecule has 0 aliphatic rings. The molecule has 2 aromatic rings. The van der Waals surface area contributed by atoms with Gasteiger partial charge in [0.1, 0.15) is 0 Å². The van der Waals surface area contributed by atoms with E-state index in [0.29, 0.717) is 5.75 Å². The number of nitrogens with one attached hydrogen (secondary N) is 1. The average Bonchev–Trinajstić information content (AvgIpc) is 2.76. The lowest BCUT2D eigenvalue weighted by Crippen LogP contribution is -2.35. The Balaban J connectivity index is 2.03. The second kappa shape index (κ2) is 5.73. The second-order valence-corrected chi connectivity index (χ2v) is 4.65. The lowest BCUT2D eigenvalue weighted by molar-refractivity contribution is -0.123. The maximum Gasteiger partial charge on any atom is 0.258 e. The van der Waals surface area contributed by atoms with Crippen LogP contribution in [-0.2, 0) is 4.79 Å². The van der Waals surface area contributed by atoms with Gasteiger partial charge in [-0.25, -0.2) is 4.98 Å². The average molecular weight is 261 g/mol. The van der Waals surface area contributed by atoms with E-state index >= 15 is 0 Å². The highest BCUT2D eigenvalue weighted by Crippen LogP contribution is 2.18. The highest BCUT2D eigenvalue weighted by atomic mass is 16.5. The van der Waals surface area contributed by atoms with Crippen molar-refractivity contribution in [1.29, 1.82) is 0 Å². The minimum Gasteiger partial charge on any atom is -0.480 e. The summed E-state index contributed by atoms with van der Waals surface area (Å²) in [5, 5.41) is 2.86. The van der Waals surface area contributed by atoms with Gasteiger partial charge in [-0.1, -0.05) is 6.92 Å². The Morgan fingerprint density at radius 3 is 3.11 bits per heavy atom. The Hall–Kier alpha value is -2.04. The first-order valence-corrected chi connectivity index (χ1v) is 6.46. The fourth-order valence-corrected chi connectivity index (χ4v) is 1.78. The fourth-order valence-electron chi connectivity index (χ4n) is 1.78. The van der Waals surface area contributed by atoms with Gasteiger partial charge in [0.15, 0.2) is 18.0 Å². The van der Waals surface area contributed by atoms with E-state index in [9.17, 15) is 4.79 Å². The van der Waals surface area contributed by atoms with E-state index in [0.717, 1.165) is 17.8 Å². The first-order chi connectivity index (χ1) is 9.10. The van der Waals surface area contributed by atoms with Gasteiger partial charge in [0.2, 0.25) is 0 Å². The zero-order valence-corrected chi connectivity index (χ0v) is 11.5. The number of rotatable bonds is 5. The van der Waals surface area contributed by atoms with E-state index in [2.05, 4.69) is 10.3 Å². The van der Waals surface area contributed by atoms with Crippen molar-refractivity contribution in [2.24, 2.45) is 0 Å². The summed E-state index contributed by atoms with van der Waals surface area (Å²) in [5.41, 5.74) is 1.65. The number of aryl methyl sites for hydroxylation is 1. The molecule has 0 bridgehead atoms. The van der Waals surface area contributed by atoms with Gasteiger partial charge in [0.05, 0.1) is 5.69 Å². The first-order valence-electron chi connectivity index (χ1n) is 6.46. The van der Waals surface area contributed by atoms with Crippen LogP contribution in [0.15, 0.2) is 24.5 Å². The Bertz CT molecular complexity index is 577. The molecule has 2 aromatic heterocycles. The molecule has 1 N–H and O–H groups in total. The molecule has 5 nitrogen and oxygen atoms in total. The van der Waals surface area contributed by atoms with Gasteiger partial charge in [-0.15, -0.1) is 0 Å². The van der Waals surface area contributed by atoms with Crippen molar-refractivity contribution in [3.63, 3.8) is 0 Å². The lowest BCUT2D eigenvalue weighted by Gasteiger charge is -2.12. The predicted octanol–water partition coefficient (Wildman–Crippen LogP) is 1.94. The Labute approximate surface area is 112 Å². The van der Waals surface area contributed by atoms with Crippen LogP contribution in [0.1, 0.15) is 26.0 Å². The highest BCUT2D eigenvalue weighted by Gasteiger charge is 2.09. The third-order valence-electron chi connectivity index (χ3n) is 2.95. The number of carbonyl (C=O) groups is 1. The van der Waals surface area contributed by atoms with Crippen LogP contribution in [0.3, 0.4) is 0 Å². The number of imidazole rings is 1. The van der Waals surface area contributed by atoms with Crippen LogP contribution in [0.4, 0.5) is 0 Å². The van der Waals surface area contributed by atoms with Crippen LogP contribution in [0.2, 0.25) is 0 Å². The van der Waals surface area contributed by atoms with Crippen LogP contribution in [0.5, 0.6) is 5.75 Å². The molecule has 2 rings (SSSR count). The molecule has 0 aliphatic carbocycles. The molecular weight excluding hydrogens is 242 g/mol. The number of fused-ring (bicyclic) bond motifs is 1. The topological polar surface area (TPSA) is 55.6 Å². The van der Waals surface area contributed by atoms with Crippen molar-refractivity contribution in [2.75, 3.05) is 6.61 Å². The smallest absolute Gasteiger partial charge is 0.258 e. The van der Waals surface area contributed by atoms with Crippen molar-refractivity contribution < 1.29 is 9.53 Å². The molecule has 5 heteroatoms. The second-order valence-electron chi connectivity index (χ2n) is 4.65. The summed E-state index contributed by atoms with van der Waals surface area (Å²) >= 11 is 0. The van der Waals surface area contributed by atoms with Gasteiger partial charge in [0.25, 0.3) is 5.91 Å². The number of hydrogen-bond donors (Lipinski definition) is 1. The van der Waals surface area contributed by atoms with Crippen LogP contribution in [0, 0.1) is 6.92 Å². The van der Waals surface area contributed by atoms with Gasteiger partial charge in [0, 0.05) is 18.4 Å². The molecule has 19 heavy (non-hydrogen) atoms. The van der Waals surface area contributed by atoms with Gasteiger partial charge in [-0.05, 0) is 32.4 Å². The molecule has 0 saturated heterocycles. The van der Waals surface area contributed by atoms with Gasteiger partial charge < -0.3 is 14.5 Å². The normalized spacial score (nSPS) is 12.4. The Kier molecular flexibility index (Phi) is 4.04. The Morgan fingerprint density at radius 2 is 2.37 bits per heavy atom. The van der Waals surface area contributed by atoms with Crippen LogP contribution in [-0.4, -0.2) is 27.9 Å². The van der Waals surface area contributed by atoms with Crippen LogP contribution in [0.25, 0.3) is 5.65 Å². The number of pyridine rings is 1. The van der Waals surface area contributed by atoms with E-state index in [1.54, 1.807) is 0 Å². The molecule has 0 saturated carbocycles. The summed E-state index contributed by atoms with van der Waals surface area (Å²) in [4.78, 5) is 16.0. The summed E-state index contributed by atoms with van der Waals surface area (Å²) in [5.74, 6) is 0.509.